The van der Waals surface area contributed by atoms with Crippen molar-refractivity contribution in [3.63, 3.8) is 0 Å². The molecule has 2 N–H and O–H groups in total. The molecule has 6 aliphatic rings. The lowest BCUT2D eigenvalue weighted by Crippen LogP contribution is -2.60. The molecule has 0 amide bonds. The Morgan fingerprint density at radius 2 is 1.25 bits per heavy atom. The van der Waals surface area contributed by atoms with Crippen molar-refractivity contribution in [2.45, 2.75) is 75.0 Å². The van der Waals surface area contributed by atoms with Crippen molar-refractivity contribution in [2.24, 2.45) is 11.8 Å². The molecule has 4 nitrogen and oxygen atoms in total. The molecule has 2 aliphatic carbocycles. The van der Waals surface area contributed by atoms with Crippen molar-refractivity contribution >= 4 is 0 Å². The van der Waals surface area contributed by atoms with E-state index in [0.717, 1.165) is 36.0 Å². The van der Waals surface area contributed by atoms with Gasteiger partial charge in [-0.15, -0.1) is 0 Å². The molecule has 4 heterocycles. The van der Waals surface area contributed by atoms with Gasteiger partial charge in [-0.25, -0.2) is 0 Å². The van der Waals surface area contributed by atoms with Gasteiger partial charge in [-0.2, -0.15) is 0 Å². The van der Waals surface area contributed by atoms with Crippen molar-refractivity contribution in [1.82, 2.24) is 20.4 Å². The predicted octanol–water partition coefficient (Wildman–Crippen LogP) is 0.551. The van der Waals surface area contributed by atoms with Gasteiger partial charge in [0.05, 0.1) is 12.3 Å². The van der Waals surface area contributed by atoms with Crippen molar-refractivity contribution in [2.75, 3.05) is 13.1 Å². The van der Waals surface area contributed by atoms with E-state index in [9.17, 15) is 0 Å². The minimum Gasteiger partial charge on any atom is -0.299 e. The molecule has 6 fully saturated rings. The van der Waals surface area contributed by atoms with Crippen LogP contribution in [0.15, 0.2) is 0 Å². The molecule has 0 aromatic heterocycles. The SMILES string of the molecule is C1C[C@@H]2N[C@H]3C[C@H]4N[C@@H]5CCCN5[C@H]5C[C@H]([C@@H]3[C@@H]45)N2C1. The number of nitrogens with one attached hydrogen (secondary N) is 2. The molecule has 110 valence electrons. The molecular formula is C16H26N4. The van der Waals surface area contributed by atoms with Gasteiger partial charge in [0.25, 0.3) is 0 Å². The molecule has 0 bridgehead atoms. The quantitative estimate of drug-likeness (QED) is 0.675. The van der Waals surface area contributed by atoms with Gasteiger partial charge in [0.1, 0.15) is 0 Å². The summed E-state index contributed by atoms with van der Waals surface area (Å²) in [5.74, 6) is 1.88. The Morgan fingerprint density at radius 3 is 1.80 bits per heavy atom. The maximum absolute atomic E-state index is 4.02. The highest BCUT2D eigenvalue weighted by molar-refractivity contribution is 5.19. The highest BCUT2D eigenvalue weighted by Crippen LogP contribution is 2.54. The topological polar surface area (TPSA) is 30.5 Å². The summed E-state index contributed by atoms with van der Waals surface area (Å²) in [7, 11) is 0. The Kier molecular flexibility index (Phi) is 2.16. The monoisotopic (exact) mass is 274 g/mol. The molecule has 4 aliphatic heterocycles. The average molecular weight is 274 g/mol. The number of rotatable bonds is 0. The van der Waals surface area contributed by atoms with E-state index in [-0.39, 0.29) is 0 Å². The van der Waals surface area contributed by atoms with E-state index in [1.807, 2.05) is 0 Å². The standard InChI is InChI=1S/C16H26N4/c1-3-13-17-9-7-10-16-12(20-6-2-4-14(20)18-10)8-11(15(9)16)19(13)5-1/h9-18H,1-8H2/t9-,10+,11+,12-,13+,14-,15+,16-. The molecule has 0 spiro atoms. The van der Waals surface area contributed by atoms with Crippen LogP contribution in [0.4, 0.5) is 0 Å². The summed E-state index contributed by atoms with van der Waals surface area (Å²) in [5, 5.41) is 8.05. The van der Waals surface area contributed by atoms with Gasteiger partial charge in [-0.1, -0.05) is 0 Å². The molecule has 8 atom stereocenters. The molecule has 2 saturated carbocycles. The van der Waals surface area contributed by atoms with E-state index in [2.05, 4.69) is 20.4 Å². The highest BCUT2D eigenvalue weighted by Gasteiger charge is 2.63. The fourth-order valence-electron chi connectivity index (χ4n) is 7.03. The van der Waals surface area contributed by atoms with E-state index < -0.39 is 0 Å². The van der Waals surface area contributed by atoms with Crippen molar-refractivity contribution in [3.8, 4) is 0 Å². The zero-order valence-corrected chi connectivity index (χ0v) is 12.2. The molecule has 6 rings (SSSR count). The fourth-order valence-corrected chi connectivity index (χ4v) is 7.03. The molecule has 0 radical (unpaired) electrons. The number of hydrogen-bond acceptors (Lipinski definition) is 4. The first kappa shape index (κ1) is 11.4. The first-order chi connectivity index (χ1) is 9.90. The van der Waals surface area contributed by atoms with Gasteiger partial charge >= 0.3 is 0 Å². The van der Waals surface area contributed by atoms with E-state index in [1.165, 1.54) is 51.6 Å². The Hall–Kier alpha value is -0.160. The van der Waals surface area contributed by atoms with Crippen LogP contribution in [0.3, 0.4) is 0 Å². The minimum absolute atomic E-state index is 0.716. The Labute approximate surface area is 121 Å². The van der Waals surface area contributed by atoms with Crippen LogP contribution >= 0.6 is 0 Å². The third-order valence-corrected chi connectivity index (χ3v) is 7.51. The van der Waals surface area contributed by atoms with Gasteiger partial charge in [0.15, 0.2) is 0 Å². The summed E-state index contributed by atoms with van der Waals surface area (Å²) in [6.45, 7) is 2.71. The second kappa shape index (κ2) is 3.78. The van der Waals surface area contributed by atoms with Gasteiger partial charge in [-0.05, 0) is 50.4 Å². The molecule has 0 unspecified atom stereocenters. The summed E-state index contributed by atoms with van der Waals surface area (Å²) in [4.78, 5) is 5.71. The minimum atomic E-state index is 0.716. The first-order valence-corrected chi connectivity index (χ1v) is 8.94. The van der Waals surface area contributed by atoms with Gasteiger partial charge < -0.3 is 0 Å². The van der Waals surface area contributed by atoms with Crippen LogP contribution in [0.25, 0.3) is 0 Å². The first-order valence-electron chi connectivity index (χ1n) is 8.94. The lowest BCUT2D eigenvalue weighted by molar-refractivity contribution is 0.0477. The van der Waals surface area contributed by atoms with E-state index in [4.69, 9.17) is 0 Å². The normalized spacial score (nSPS) is 60.6. The Bertz CT molecular complexity index is 402. The zero-order chi connectivity index (χ0) is 12.8. The van der Waals surface area contributed by atoms with Crippen LogP contribution in [-0.2, 0) is 0 Å². The molecule has 4 saturated heterocycles. The summed E-state index contributed by atoms with van der Waals surface area (Å²) >= 11 is 0. The molecule has 0 aromatic rings. The Balaban J connectivity index is 1.41. The lowest BCUT2D eigenvalue weighted by Gasteiger charge is -2.44. The van der Waals surface area contributed by atoms with Crippen LogP contribution in [0.1, 0.15) is 38.5 Å². The van der Waals surface area contributed by atoms with Crippen LogP contribution in [0, 0.1) is 11.8 Å². The third-order valence-electron chi connectivity index (χ3n) is 7.51. The smallest absolute Gasteiger partial charge is 0.0602 e. The van der Waals surface area contributed by atoms with Crippen molar-refractivity contribution in [3.05, 3.63) is 0 Å². The maximum atomic E-state index is 4.02. The molecule has 0 aromatic carbocycles. The van der Waals surface area contributed by atoms with Crippen LogP contribution < -0.4 is 10.6 Å². The van der Waals surface area contributed by atoms with Gasteiger partial charge in [0.2, 0.25) is 0 Å². The lowest BCUT2D eigenvalue weighted by atomic mass is 9.88. The zero-order valence-electron chi connectivity index (χ0n) is 12.2. The summed E-state index contributed by atoms with van der Waals surface area (Å²) < 4.78 is 0. The average Bonchev–Trinajstić information content (AvgIpc) is 3.18. The molecular weight excluding hydrogens is 248 g/mol. The third kappa shape index (κ3) is 1.24. The van der Waals surface area contributed by atoms with Gasteiger partial charge in [-0.3, -0.25) is 20.4 Å². The van der Waals surface area contributed by atoms with E-state index in [1.54, 1.807) is 0 Å². The van der Waals surface area contributed by atoms with E-state index >= 15 is 0 Å². The highest BCUT2D eigenvalue weighted by atomic mass is 15.4. The van der Waals surface area contributed by atoms with Crippen LogP contribution in [0.2, 0.25) is 0 Å². The van der Waals surface area contributed by atoms with Crippen LogP contribution in [-0.4, -0.2) is 59.4 Å². The van der Waals surface area contributed by atoms with Crippen LogP contribution in [0.5, 0.6) is 0 Å². The van der Waals surface area contributed by atoms with Crippen molar-refractivity contribution in [1.29, 1.82) is 0 Å². The summed E-state index contributed by atoms with van der Waals surface area (Å²) in [6.07, 6.45) is 9.91. The number of nitrogens with zero attached hydrogens (tertiary/aromatic N) is 2. The molecule has 4 heteroatoms. The predicted molar refractivity (Wildman–Crippen MR) is 77.1 cm³/mol. The number of fused-ring (bicyclic) bond motifs is 4. The Morgan fingerprint density at radius 1 is 0.700 bits per heavy atom. The second-order valence-corrected chi connectivity index (χ2v) is 8.10. The largest absolute Gasteiger partial charge is 0.299 e. The number of hydrogen-bond donors (Lipinski definition) is 2. The summed E-state index contributed by atoms with van der Waals surface area (Å²) in [6, 6.07) is 3.42. The second-order valence-electron chi connectivity index (χ2n) is 8.10. The van der Waals surface area contributed by atoms with E-state index in [0.29, 0.717) is 12.3 Å². The fraction of sp³-hybridized carbons (Fsp3) is 1.00. The van der Waals surface area contributed by atoms with Crippen molar-refractivity contribution < 1.29 is 0 Å². The summed E-state index contributed by atoms with van der Waals surface area (Å²) in [5.41, 5.74) is 0. The van der Waals surface area contributed by atoms with Gasteiger partial charge in [0, 0.05) is 37.3 Å². The maximum Gasteiger partial charge on any atom is 0.0602 e. The molecule has 20 heavy (non-hydrogen) atoms.